The number of nitrogens with zero attached hydrogens (tertiary/aromatic N) is 4. The Balaban J connectivity index is 1.27. The first kappa shape index (κ1) is 27.2. The van der Waals surface area contributed by atoms with Crippen LogP contribution in [0.15, 0.2) is 47.6 Å². The summed E-state index contributed by atoms with van der Waals surface area (Å²) >= 11 is 1.33. The number of methoxy groups -OCH3 is 1. The zero-order valence-electron chi connectivity index (χ0n) is 22.8. The van der Waals surface area contributed by atoms with Crippen LogP contribution >= 0.6 is 11.8 Å². The Kier molecular flexibility index (Phi) is 6.95. The predicted octanol–water partition coefficient (Wildman–Crippen LogP) is 4.27. The van der Waals surface area contributed by atoms with Crippen LogP contribution in [0.3, 0.4) is 0 Å². The fourth-order valence-electron chi connectivity index (χ4n) is 6.67. The van der Waals surface area contributed by atoms with Crippen LogP contribution in [0.5, 0.6) is 5.88 Å². The molecule has 2 aromatic carbocycles. The van der Waals surface area contributed by atoms with E-state index in [2.05, 4.69) is 22.0 Å². The molecule has 41 heavy (non-hydrogen) atoms. The number of benzene rings is 2. The number of carbonyl (C=O) groups excluding carboxylic acids is 2. The monoisotopic (exact) mass is 568 g/mol. The van der Waals surface area contributed by atoms with E-state index in [1.807, 2.05) is 31.2 Å². The molecular formula is C31H28N4O5S. The molecule has 2 amide bonds. The molecule has 9 nitrogen and oxygen atoms in total. The van der Waals surface area contributed by atoms with Crippen molar-refractivity contribution in [3.05, 3.63) is 53.7 Å². The van der Waals surface area contributed by atoms with Crippen LogP contribution in [0.2, 0.25) is 0 Å². The molecule has 0 saturated carbocycles. The topological polar surface area (TPSA) is 115 Å². The number of ether oxygens (including phenoxy) is 3. The van der Waals surface area contributed by atoms with Gasteiger partial charge >= 0.3 is 0 Å². The summed E-state index contributed by atoms with van der Waals surface area (Å²) in [6, 6.07) is 14.6. The lowest BCUT2D eigenvalue weighted by molar-refractivity contribution is -0.131. The van der Waals surface area contributed by atoms with Gasteiger partial charge in [0.25, 0.3) is 0 Å². The molecule has 4 heterocycles. The highest BCUT2D eigenvalue weighted by Gasteiger charge is 2.73. The van der Waals surface area contributed by atoms with Gasteiger partial charge in [-0.15, -0.1) is 6.42 Å². The van der Waals surface area contributed by atoms with Crippen molar-refractivity contribution in [1.29, 1.82) is 5.26 Å². The number of aromatic nitrogens is 2. The first-order valence-corrected chi connectivity index (χ1v) is 14.4. The highest BCUT2D eigenvalue weighted by atomic mass is 32.2. The third-order valence-corrected chi connectivity index (χ3v) is 9.11. The molecule has 3 aliphatic heterocycles. The van der Waals surface area contributed by atoms with Gasteiger partial charge in [0, 0.05) is 30.4 Å². The van der Waals surface area contributed by atoms with Crippen LogP contribution in [0.25, 0.3) is 10.8 Å². The summed E-state index contributed by atoms with van der Waals surface area (Å²) in [6.07, 6.45) is 7.13. The maximum atomic E-state index is 14.1. The van der Waals surface area contributed by atoms with Crippen LogP contribution < -0.4 is 9.64 Å². The van der Waals surface area contributed by atoms with E-state index in [1.54, 1.807) is 25.3 Å². The minimum Gasteiger partial charge on any atom is -0.477 e. The molecule has 10 heteroatoms. The van der Waals surface area contributed by atoms with E-state index < -0.39 is 23.0 Å². The summed E-state index contributed by atoms with van der Waals surface area (Å²) < 4.78 is 17.9. The van der Waals surface area contributed by atoms with Crippen LogP contribution in [-0.4, -0.2) is 52.5 Å². The van der Waals surface area contributed by atoms with Crippen molar-refractivity contribution in [3.8, 4) is 24.3 Å². The minimum atomic E-state index is -0.827. The second kappa shape index (κ2) is 10.5. The summed E-state index contributed by atoms with van der Waals surface area (Å²) in [5.41, 5.74) is 0.0949. The van der Waals surface area contributed by atoms with Crippen molar-refractivity contribution in [2.75, 3.05) is 24.4 Å². The molecule has 3 aliphatic rings. The highest BCUT2D eigenvalue weighted by Crippen LogP contribution is 2.62. The Morgan fingerprint density at radius 1 is 1.15 bits per heavy atom. The molecule has 2 bridgehead atoms. The molecule has 6 rings (SSSR count). The van der Waals surface area contributed by atoms with Gasteiger partial charge in [-0.1, -0.05) is 41.9 Å². The molecule has 3 saturated heterocycles. The number of imide groups is 1. The lowest BCUT2D eigenvalue weighted by atomic mass is 9.67. The third kappa shape index (κ3) is 4.43. The van der Waals surface area contributed by atoms with Crippen molar-refractivity contribution >= 4 is 40.0 Å². The summed E-state index contributed by atoms with van der Waals surface area (Å²) in [4.78, 5) is 38.3. The van der Waals surface area contributed by atoms with E-state index in [1.165, 1.54) is 16.7 Å². The van der Waals surface area contributed by atoms with Crippen LogP contribution in [0.4, 0.5) is 5.69 Å². The summed E-state index contributed by atoms with van der Waals surface area (Å²) in [7, 11) is 1.59. The number of anilines is 1. The minimum absolute atomic E-state index is 0.239. The molecule has 0 spiro atoms. The first-order valence-electron chi connectivity index (χ1n) is 13.4. The first-order chi connectivity index (χ1) is 19.8. The number of thioether (sulfide) groups is 1. The number of rotatable bonds is 9. The van der Waals surface area contributed by atoms with Gasteiger partial charge in [0.1, 0.15) is 0 Å². The highest BCUT2D eigenvalue weighted by molar-refractivity contribution is 7.99. The zero-order valence-corrected chi connectivity index (χ0v) is 23.6. The SMILES string of the molecule is C#CCSc1nc(COC)cc(OCC[C@@]23CC[C@@](C)(O2)[C@H]2C(=O)N(c4ccc(C#N)c5ccccc45)C(=O)[C@H]23)n1. The average molecular weight is 569 g/mol. The van der Waals surface area contributed by atoms with Crippen molar-refractivity contribution in [1.82, 2.24) is 9.97 Å². The van der Waals surface area contributed by atoms with Gasteiger partial charge < -0.3 is 14.2 Å². The zero-order chi connectivity index (χ0) is 28.8. The van der Waals surface area contributed by atoms with E-state index in [0.717, 1.165) is 0 Å². The molecule has 0 N–H and O–H groups in total. The molecule has 208 valence electrons. The lowest BCUT2D eigenvalue weighted by Crippen LogP contribution is -2.43. The Morgan fingerprint density at radius 2 is 1.93 bits per heavy atom. The Labute approximate surface area is 242 Å². The van der Waals surface area contributed by atoms with Crippen molar-refractivity contribution in [2.24, 2.45) is 11.8 Å². The van der Waals surface area contributed by atoms with Gasteiger partial charge in [0.2, 0.25) is 17.7 Å². The molecule has 0 aliphatic carbocycles. The van der Waals surface area contributed by atoms with Gasteiger partial charge in [-0.3, -0.25) is 9.59 Å². The fourth-order valence-corrected chi connectivity index (χ4v) is 7.22. The van der Waals surface area contributed by atoms with E-state index in [-0.39, 0.29) is 18.4 Å². The number of nitriles is 1. The maximum absolute atomic E-state index is 14.1. The second-order valence-electron chi connectivity index (χ2n) is 10.7. The Bertz CT molecular complexity index is 1650. The molecule has 1 aromatic heterocycles. The maximum Gasteiger partial charge on any atom is 0.240 e. The number of terminal acetylenes is 1. The van der Waals surface area contributed by atoms with Crippen LogP contribution in [-0.2, 0) is 25.7 Å². The quantitative estimate of drug-likeness (QED) is 0.162. The summed E-state index contributed by atoms with van der Waals surface area (Å²) in [5.74, 6) is 1.65. The molecule has 4 atom stereocenters. The average Bonchev–Trinajstić information content (AvgIpc) is 3.55. The van der Waals surface area contributed by atoms with E-state index in [9.17, 15) is 14.9 Å². The van der Waals surface area contributed by atoms with E-state index in [4.69, 9.17) is 20.6 Å². The third-order valence-electron chi connectivity index (χ3n) is 8.36. The Morgan fingerprint density at radius 3 is 2.68 bits per heavy atom. The smallest absolute Gasteiger partial charge is 0.240 e. The molecule has 3 fully saturated rings. The molecule has 0 radical (unpaired) electrons. The van der Waals surface area contributed by atoms with Gasteiger partial charge in [-0.05, 0) is 31.9 Å². The summed E-state index contributed by atoms with van der Waals surface area (Å²) in [5, 5.41) is 11.5. The van der Waals surface area contributed by atoms with Crippen LogP contribution in [0.1, 0.15) is 37.4 Å². The van der Waals surface area contributed by atoms with Crippen molar-refractivity contribution < 1.29 is 23.8 Å². The number of amides is 2. The molecule has 3 aromatic rings. The predicted molar refractivity (Wildman–Crippen MR) is 152 cm³/mol. The number of carbonyl (C=O) groups is 2. The lowest BCUT2D eigenvalue weighted by Gasteiger charge is -2.31. The summed E-state index contributed by atoms with van der Waals surface area (Å²) in [6.45, 7) is 2.47. The number of fused-ring (bicyclic) bond motifs is 6. The van der Waals surface area contributed by atoms with Crippen molar-refractivity contribution in [3.63, 3.8) is 0 Å². The molecular weight excluding hydrogens is 540 g/mol. The number of hydrogen-bond acceptors (Lipinski definition) is 9. The number of hydrogen-bond donors (Lipinski definition) is 0. The Hall–Kier alpha value is -3.96. The van der Waals surface area contributed by atoms with E-state index >= 15 is 0 Å². The largest absolute Gasteiger partial charge is 0.477 e. The van der Waals surface area contributed by atoms with Gasteiger partial charge in [0.05, 0.1) is 65.0 Å². The normalized spacial score (nSPS) is 26.3. The van der Waals surface area contributed by atoms with Gasteiger partial charge in [0.15, 0.2) is 5.16 Å². The van der Waals surface area contributed by atoms with Crippen LogP contribution in [0, 0.1) is 35.5 Å². The standard InChI is InChI=1S/C31H28N4O5S/c1-4-15-41-29-33-20(18-38-3)16-24(34-29)39-14-13-31-12-11-30(2,40-31)25-26(31)28(37)35(27(25)36)23-10-9-19(17-32)21-7-5-6-8-22(21)23/h1,5-10,16,25-26H,11-15,18H2,2-3H3/t25-,26+,30-,31-/m1/s1. The van der Waals surface area contributed by atoms with E-state index in [0.29, 0.717) is 70.4 Å². The fraction of sp³-hybridized carbons (Fsp3) is 0.387. The second-order valence-corrected chi connectivity index (χ2v) is 11.7. The van der Waals surface area contributed by atoms with Gasteiger partial charge in [-0.2, -0.15) is 10.2 Å². The van der Waals surface area contributed by atoms with Gasteiger partial charge in [-0.25, -0.2) is 9.88 Å². The van der Waals surface area contributed by atoms with Crippen molar-refractivity contribution in [2.45, 2.75) is 49.2 Å². The molecule has 0 unspecified atom stereocenters.